The van der Waals surface area contributed by atoms with E-state index in [1.807, 2.05) is 30.3 Å². The van der Waals surface area contributed by atoms with Gasteiger partial charge in [-0.2, -0.15) is 0 Å². The van der Waals surface area contributed by atoms with Gasteiger partial charge in [-0.3, -0.25) is 9.00 Å². The molecule has 0 aromatic heterocycles. The highest BCUT2D eigenvalue weighted by Crippen LogP contribution is 2.48. The summed E-state index contributed by atoms with van der Waals surface area (Å²) in [6, 6.07) is 9.51. The third kappa shape index (κ3) is 3.37. The molecule has 1 aromatic rings. The molecule has 2 aliphatic carbocycles. The standard InChI is InChI=1S/C17H22O3S/c18-17(19)16(10-12-4-2-1-3-5-12)21(20)11-15-9-13-6-7-14(15)8-13/h1-5,13-16H,6-11H2,(H,18,19). The van der Waals surface area contributed by atoms with Crippen LogP contribution in [0, 0.1) is 17.8 Å². The fourth-order valence-electron chi connectivity index (χ4n) is 4.03. The van der Waals surface area contributed by atoms with E-state index >= 15 is 0 Å². The van der Waals surface area contributed by atoms with Crippen LogP contribution in [-0.4, -0.2) is 26.3 Å². The number of rotatable bonds is 6. The van der Waals surface area contributed by atoms with Gasteiger partial charge >= 0.3 is 5.97 Å². The first-order chi connectivity index (χ1) is 10.1. The van der Waals surface area contributed by atoms with Crippen molar-refractivity contribution in [2.45, 2.75) is 37.4 Å². The first-order valence-corrected chi connectivity index (χ1v) is 9.15. The fourth-order valence-corrected chi connectivity index (χ4v) is 5.69. The summed E-state index contributed by atoms with van der Waals surface area (Å²) in [4.78, 5) is 11.5. The van der Waals surface area contributed by atoms with Gasteiger partial charge in [-0.15, -0.1) is 0 Å². The molecule has 0 aliphatic heterocycles. The summed E-state index contributed by atoms with van der Waals surface area (Å²) in [6.07, 6.45) is 5.37. The third-order valence-corrected chi connectivity index (χ3v) is 6.88. The minimum atomic E-state index is -1.28. The van der Waals surface area contributed by atoms with E-state index in [-0.39, 0.29) is 0 Å². The molecule has 0 radical (unpaired) electrons. The van der Waals surface area contributed by atoms with Gasteiger partial charge in [0.2, 0.25) is 0 Å². The Balaban J connectivity index is 1.63. The van der Waals surface area contributed by atoms with Gasteiger partial charge in [-0.25, -0.2) is 0 Å². The van der Waals surface area contributed by atoms with Crippen molar-refractivity contribution in [3.8, 4) is 0 Å². The van der Waals surface area contributed by atoms with Gasteiger partial charge in [-0.1, -0.05) is 36.8 Å². The minimum Gasteiger partial charge on any atom is -0.480 e. The Morgan fingerprint density at radius 1 is 1.24 bits per heavy atom. The Kier molecular flexibility index (Phi) is 4.43. The maximum Gasteiger partial charge on any atom is 0.319 e. The molecule has 5 unspecified atom stereocenters. The van der Waals surface area contributed by atoms with Crippen molar-refractivity contribution >= 4 is 16.8 Å². The van der Waals surface area contributed by atoms with E-state index in [4.69, 9.17) is 0 Å². The Morgan fingerprint density at radius 2 is 2.00 bits per heavy atom. The zero-order valence-electron chi connectivity index (χ0n) is 12.1. The van der Waals surface area contributed by atoms with Gasteiger partial charge in [-0.05, 0) is 49.0 Å². The molecule has 0 spiro atoms. The summed E-state index contributed by atoms with van der Waals surface area (Å²) in [5.41, 5.74) is 0.950. The van der Waals surface area contributed by atoms with Crippen LogP contribution in [0.3, 0.4) is 0 Å². The van der Waals surface area contributed by atoms with E-state index in [1.54, 1.807) is 0 Å². The van der Waals surface area contributed by atoms with Gasteiger partial charge in [0.15, 0.2) is 0 Å². The molecule has 21 heavy (non-hydrogen) atoms. The quantitative estimate of drug-likeness (QED) is 0.879. The summed E-state index contributed by atoms with van der Waals surface area (Å²) < 4.78 is 12.6. The average Bonchev–Trinajstić information content (AvgIpc) is 3.08. The van der Waals surface area contributed by atoms with Crippen LogP contribution < -0.4 is 0 Å². The van der Waals surface area contributed by atoms with Crippen LogP contribution >= 0.6 is 0 Å². The lowest BCUT2D eigenvalue weighted by Gasteiger charge is -2.22. The number of aliphatic carboxylic acids is 1. The zero-order chi connectivity index (χ0) is 14.8. The van der Waals surface area contributed by atoms with Gasteiger partial charge < -0.3 is 5.11 Å². The summed E-state index contributed by atoms with van der Waals surface area (Å²) in [7, 11) is -1.28. The predicted octanol–water partition coefficient (Wildman–Crippen LogP) is 2.87. The van der Waals surface area contributed by atoms with Crippen LogP contribution in [0.2, 0.25) is 0 Å². The van der Waals surface area contributed by atoms with E-state index < -0.39 is 22.0 Å². The van der Waals surface area contributed by atoms with Crippen molar-refractivity contribution < 1.29 is 14.1 Å². The minimum absolute atomic E-state index is 0.365. The number of benzene rings is 1. The average molecular weight is 306 g/mol. The van der Waals surface area contributed by atoms with Crippen molar-refractivity contribution in [1.29, 1.82) is 0 Å². The molecule has 4 heteroatoms. The van der Waals surface area contributed by atoms with Crippen molar-refractivity contribution in [2.75, 3.05) is 5.75 Å². The summed E-state index contributed by atoms with van der Waals surface area (Å²) in [6.45, 7) is 0. The summed E-state index contributed by atoms with van der Waals surface area (Å²) in [5, 5.41) is 8.65. The maximum absolute atomic E-state index is 12.6. The first-order valence-electron chi connectivity index (χ1n) is 7.77. The second kappa shape index (κ2) is 6.30. The van der Waals surface area contributed by atoms with E-state index in [0.29, 0.717) is 24.0 Å². The molecule has 1 aromatic carbocycles. The number of carboxylic acids is 1. The molecule has 2 bridgehead atoms. The van der Waals surface area contributed by atoms with E-state index in [2.05, 4.69) is 0 Å². The van der Waals surface area contributed by atoms with Crippen LogP contribution in [0.1, 0.15) is 31.2 Å². The Hall–Kier alpha value is -1.16. The van der Waals surface area contributed by atoms with Crippen molar-refractivity contribution in [1.82, 2.24) is 0 Å². The number of hydrogen-bond acceptors (Lipinski definition) is 2. The largest absolute Gasteiger partial charge is 0.480 e. The second-order valence-electron chi connectivity index (χ2n) is 6.50. The molecule has 2 saturated carbocycles. The second-order valence-corrected chi connectivity index (χ2v) is 8.16. The molecule has 2 aliphatic rings. The molecule has 3 rings (SSSR count). The highest BCUT2D eigenvalue weighted by Gasteiger charge is 2.41. The van der Waals surface area contributed by atoms with Crippen LogP contribution in [-0.2, 0) is 22.0 Å². The Morgan fingerprint density at radius 3 is 2.57 bits per heavy atom. The predicted molar refractivity (Wildman–Crippen MR) is 83.5 cm³/mol. The number of carbonyl (C=O) groups is 1. The fraction of sp³-hybridized carbons (Fsp3) is 0.588. The third-order valence-electron chi connectivity index (χ3n) is 5.12. The Bertz CT molecular complexity index is 528. The monoisotopic (exact) mass is 306 g/mol. The van der Waals surface area contributed by atoms with E-state index in [0.717, 1.165) is 17.9 Å². The number of carboxylic acid groups (broad SMARTS) is 1. The van der Waals surface area contributed by atoms with E-state index in [1.165, 1.54) is 19.3 Å². The first kappa shape index (κ1) is 14.8. The lowest BCUT2D eigenvalue weighted by molar-refractivity contribution is -0.136. The van der Waals surface area contributed by atoms with Crippen LogP contribution in [0.5, 0.6) is 0 Å². The van der Waals surface area contributed by atoms with Gasteiger partial charge in [0.05, 0.1) is 0 Å². The van der Waals surface area contributed by atoms with Crippen LogP contribution in [0.25, 0.3) is 0 Å². The Labute approximate surface area is 128 Å². The van der Waals surface area contributed by atoms with E-state index in [9.17, 15) is 14.1 Å². The SMILES string of the molecule is O=C(O)C(Cc1ccccc1)S(=O)CC1CC2CCC1C2. The van der Waals surface area contributed by atoms with Gasteiger partial charge in [0.1, 0.15) is 5.25 Å². The smallest absolute Gasteiger partial charge is 0.319 e. The molecule has 0 heterocycles. The highest BCUT2D eigenvalue weighted by molar-refractivity contribution is 7.86. The van der Waals surface area contributed by atoms with Gasteiger partial charge in [0.25, 0.3) is 0 Å². The zero-order valence-corrected chi connectivity index (χ0v) is 12.9. The van der Waals surface area contributed by atoms with Gasteiger partial charge in [0, 0.05) is 16.6 Å². The molecule has 0 amide bonds. The molecule has 2 fully saturated rings. The van der Waals surface area contributed by atoms with Crippen molar-refractivity contribution in [3.63, 3.8) is 0 Å². The van der Waals surface area contributed by atoms with Crippen LogP contribution in [0.4, 0.5) is 0 Å². The number of hydrogen-bond donors (Lipinski definition) is 1. The number of fused-ring (bicyclic) bond motifs is 2. The molecule has 114 valence electrons. The molecular weight excluding hydrogens is 284 g/mol. The van der Waals surface area contributed by atoms with Crippen molar-refractivity contribution in [3.05, 3.63) is 35.9 Å². The lowest BCUT2D eigenvalue weighted by Crippen LogP contribution is -2.32. The molecule has 1 N–H and O–H groups in total. The summed E-state index contributed by atoms with van der Waals surface area (Å²) in [5.74, 6) is 1.65. The lowest BCUT2D eigenvalue weighted by atomic mass is 9.90. The van der Waals surface area contributed by atoms with Crippen LogP contribution in [0.15, 0.2) is 30.3 Å². The molecule has 3 nitrogen and oxygen atoms in total. The molecule has 0 saturated heterocycles. The normalized spacial score (nSPS) is 30.2. The summed E-state index contributed by atoms with van der Waals surface area (Å²) >= 11 is 0. The molecule has 5 atom stereocenters. The van der Waals surface area contributed by atoms with Crippen molar-refractivity contribution in [2.24, 2.45) is 17.8 Å². The molecular formula is C17H22O3S. The topological polar surface area (TPSA) is 54.4 Å². The highest BCUT2D eigenvalue weighted by atomic mass is 32.2. The maximum atomic E-state index is 12.6.